The zero-order chi connectivity index (χ0) is 20.3. The molecule has 0 amide bonds. The summed E-state index contributed by atoms with van der Waals surface area (Å²) in [6.07, 6.45) is 1.79. The van der Waals surface area contributed by atoms with Crippen molar-refractivity contribution in [3.8, 4) is 11.5 Å². The average molecular weight is 394 g/mol. The van der Waals surface area contributed by atoms with Crippen molar-refractivity contribution < 1.29 is 13.9 Å². The molecular formula is C27H22O3. The van der Waals surface area contributed by atoms with Crippen LogP contribution in [-0.4, -0.2) is 0 Å². The smallest absolute Gasteiger partial charge is 0.173 e. The maximum absolute atomic E-state index is 6.39. The molecule has 0 saturated heterocycles. The van der Waals surface area contributed by atoms with Gasteiger partial charge in [0.1, 0.15) is 18.8 Å². The molecule has 1 heterocycles. The standard InChI is InChI=1S/C27H22O3/c1-19-16-28-25-22-14-8-9-15-23(22)26(29-17-20-10-4-2-5-11-20)27(24(19)25)30-18-21-12-6-3-7-13-21/h2-16H,17-18H2,1H3. The Balaban J connectivity index is 1.64. The fourth-order valence-corrected chi connectivity index (χ4v) is 3.78. The summed E-state index contributed by atoms with van der Waals surface area (Å²) in [7, 11) is 0. The minimum absolute atomic E-state index is 0.459. The SMILES string of the molecule is Cc1coc2c1c(OCc1ccccc1)c(OCc1ccccc1)c1ccccc12. The predicted octanol–water partition coefficient (Wildman–Crippen LogP) is 7.05. The molecule has 3 heteroatoms. The van der Waals surface area contributed by atoms with Gasteiger partial charge < -0.3 is 13.9 Å². The molecule has 0 N–H and O–H groups in total. The van der Waals surface area contributed by atoms with Crippen molar-refractivity contribution in [1.29, 1.82) is 0 Å². The molecule has 3 nitrogen and oxygen atoms in total. The second kappa shape index (κ2) is 7.96. The molecule has 0 fully saturated rings. The lowest BCUT2D eigenvalue weighted by Gasteiger charge is -2.17. The van der Waals surface area contributed by atoms with Gasteiger partial charge in [-0.1, -0.05) is 84.9 Å². The summed E-state index contributed by atoms with van der Waals surface area (Å²) in [6.45, 7) is 2.96. The molecule has 0 unspecified atom stereocenters. The monoisotopic (exact) mass is 394 g/mol. The Morgan fingerprint density at radius 3 is 1.80 bits per heavy atom. The molecule has 0 spiro atoms. The van der Waals surface area contributed by atoms with E-state index in [4.69, 9.17) is 13.9 Å². The van der Waals surface area contributed by atoms with Gasteiger partial charge in [-0.3, -0.25) is 0 Å². The third kappa shape index (κ3) is 3.39. The molecule has 148 valence electrons. The van der Waals surface area contributed by atoms with Gasteiger partial charge in [0, 0.05) is 10.8 Å². The van der Waals surface area contributed by atoms with Crippen molar-refractivity contribution in [1.82, 2.24) is 0 Å². The summed E-state index contributed by atoms with van der Waals surface area (Å²) in [6, 6.07) is 28.5. The van der Waals surface area contributed by atoms with Crippen molar-refractivity contribution in [2.45, 2.75) is 20.1 Å². The van der Waals surface area contributed by atoms with Crippen molar-refractivity contribution in [3.05, 3.63) is 108 Å². The van der Waals surface area contributed by atoms with Crippen LogP contribution in [0.4, 0.5) is 0 Å². The van der Waals surface area contributed by atoms with Gasteiger partial charge in [0.25, 0.3) is 0 Å². The Labute approximate surface area is 175 Å². The Hall–Kier alpha value is -3.72. The maximum Gasteiger partial charge on any atom is 0.173 e. The summed E-state index contributed by atoms with van der Waals surface area (Å²) in [5.74, 6) is 1.48. The van der Waals surface area contributed by atoms with Crippen LogP contribution in [-0.2, 0) is 13.2 Å². The first-order chi connectivity index (χ1) is 14.8. The lowest BCUT2D eigenvalue weighted by Crippen LogP contribution is -2.02. The van der Waals surface area contributed by atoms with Crippen molar-refractivity contribution in [2.75, 3.05) is 0 Å². The van der Waals surface area contributed by atoms with Crippen LogP contribution in [0.3, 0.4) is 0 Å². The number of ether oxygens (including phenoxy) is 2. The Morgan fingerprint density at radius 1 is 0.633 bits per heavy atom. The first-order valence-corrected chi connectivity index (χ1v) is 10.1. The van der Waals surface area contributed by atoms with Crippen LogP contribution in [0.2, 0.25) is 0 Å². The first-order valence-electron chi connectivity index (χ1n) is 10.1. The second-order valence-corrected chi connectivity index (χ2v) is 7.38. The van der Waals surface area contributed by atoms with Gasteiger partial charge >= 0.3 is 0 Å². The zero-order valence-electron chi connectivity index (χ0n) is 16.8. The van der Waals surface area contributed by atoms with Crippen LogP contribution in [0.1, 0.15) is 16.7 Å². The van der Waals surface area contributed by atoms with E-state index in [1.54, 1.807) is 6.26 Å². The molecule has 0 saturated carbocycles. The Bertz CT molecular complexity index is 1290. The van der Waals surface area contributed by atoms with Crippen LogP contribution in [0.5, 0.6) is 11.5 Å². The van der Waals surface area contributed by atoms with E-state index < -0.39 is 0 Å². The molecule has 0 aliphatic rings. The van der Waals surface area contributed by atoms with Crippen LogP contribution in [0.15, 0.2) is 95.6 Å². The number of hydrogen-bond donors (Lipinski definition) is 0. The molecule has 0 atom stereocenters. The highest BCUT2D eigenvalue weighted by Crippen LogP contribution is 2.46. The molecule has 0 bridgehead atoms. The maximum atomic E-state index is 6.39. The normalized spacial score (nSPS) is 11.1. The van der Waals surface area contributed by atoms with Crippen molar-refractivity contribution in [2.24, 2.45) is 0 Å². The minimum Gasteiger partial charge on any atom is -0.484 e. The van der Waals surface area contributed by atoms with Gasteiger partial charge in [-0.25, -0.2) is 0 Å². The van der Waals surface area contributed by atoms with E-state index in [-0.39, 0.29) is 0 Å². The quantitative estimate of drug-likeness (QED) is 0.309. The number of benzene rings is 4. The van der Waals surface area contributed by atoms with Gasteiger partial charge in [-0.2, -0.15) is 0 Å². The number of fused-ring (bicyclic) bond motifs is 3. The zero-order valence-corrected chi connectivity index (χ0v) is 16.8. The fourth-order valence-electron chi connectivity index (χ4n) is 3.78. The highest BCUT2D eigenvalue weighted by atomic mass is 16.5. The topological polar surface area (TPSA) is 31.6 Å². The van der Waals surface area contributed by atoms with E-state index in [0.717, 1.165) is 49.9 Å². The molecule has 4 aromatic carbocycles. The third-order valence-corrected chi connectivity index (χ3v) is 5.28. The van der Waals surface area contributed by atoms with Crippen LogP contribution >= 0.6 is 0 Å². The summed E-state index contributed by atoms with van der Waals surface area (Å²) in [5.41, 5.74) is 4.08. The average Bonchev–Trinajstić information content (AvgIpc) is 3.19. The van der Waals surface area contributed by atoms with E-state index >= 15 is 0 Å². The Morgan fingerprint density at radius 2 is 1.17 bits per heavy atom. The number of hydrogen-bond acceptors (Lipinski definition) is 3. The van der Waals surface area contributed by atoms with Crippen LogP contribution < -0.4 is 9.47 Å². The molecular weight excluding hydrogens is 372 g/mol. The van der Waals surface area contributed by atoms with E-state index in [9.17, 15) is 0 Å². The van der Waals surface area contributed by atoms with E-state index in [2.05, 4.69) is 36.4 Å². The van der Waals surface area contributed by atoms with Gasteiger partial charge in [0.15, 0.2) is 11.5 Å². The van der Waals surface area contributed by atoms with Gasteiger partial charge in [0.05, 0.1) is 11.6 Å². The number of furan rings is 1. The minimum atomic E-state index is 0.459. The summed E-state index contributed by atoms with van der Waals surface area (Å²) in [5, 5.41) is 2.97. The van der Waals surface area contributed by atoms with Gasteiger partial charge in [-0.05, 0) is 23.6 Å². The van der Waals surface area contributed by atoms with Crippen LogP contribution in [0, 0.1) is 6.92 Å². The second-order valence-electron chi connectivity index (χ2n) is 7.38. The van der Waals surface area contributed by atoms with E-state index in [0.29, 0.717) is 13.2 Å². The van der Waals surface area contributed by atoms with E-state index in [1.807, 2.05) is 55.5 Å². The van der Waals surface area contributed by atoms with Gasteiger partial charge in [-0.15, -0.1) is 0 Å². The lowest BCUT2D eigenvalue weighted by molar-refractivity contribution is 0.261. The molecule has 5 rings (SSSR count). The number of rotatable bonds is 6. The highest BCUT2D eigenvalue weighted by Gasteiger charge is 2.21. The molecule has 0 aliphatic carbocycles. The van der Waals surface area contributed by atoms with Crippen molar-refractivity contribution >= 4 is 21.7 Å². The predicted molar refractivity (Wildman–Crippen MR) is 120 cm³/mol. The molecule has 1 aromatic heterocycles. The first kappa shape index (κ1) is 18.3. The van der Waals surface area contributed by atoms with Crippen LogP contribution in [0.25, 0.3) is 21.7 Å². The van der Waals surface area contributed by atoms with Crippen molar-refractivity contribution in [3.63, 3.8) is 0 Å². The lowest BCUT2D eigenvalue weighted by atomic mass is 10.0. The third-order valence-electron chi connectivity index (χ3n) is 5.28. The largest absolute Gasteiger partial charge is 0.484 e. The molecule has 5 aromatic rings. The fraction of sp³-hybridized carbons (Fsp3) is 0.111. The Kier molecular flexibility index (Phi) is 4.86. The molecule has 30 heavy (non-hydrogen) atoms. The number of aryl methyl sites for hydroxylation is 1. The molecule has 0 aliphatic heterocycles. The summed E-state index contributed by atoms with van der Waals surface area (Å²) < 4.78 is 18.7. The highest BCUT2D eigenvalue weighted by molar-refractivity contribution is 6.12. The molecule has 0 radical (unpaired) electrons. The summed E-state index contributed by atoms with van der Waals surface area (Å²) >= 11 is 0. The van der Waals surface area contributed by atoms with E-state index in [1.165, 1.54) is 0 Å². The van der Waals surface area contributed by atoms with Gasteiger partial charge in [0.2, 0.25) is 0 Å². The summed E-state index contributed by atoms with van der Waals surface area (Å²) in [4.78, 5) is 0.